The molecule has 154 valence electrons. The number of benzene rings is 1. The summed E-state index contributed by atoms with van der Waals surface area (Å²) in [7, 11) is -3.29. The number of thiazole rings is 1. The normalized spacial score (nSPS) is 18.4. The summed E-state index contributed by atoms with van der Waals surface area (Å²) in [6.07, 6.45) is 4.26. The highest BCUT2D eigenvalue weighted by atomic mass is 32.2. The Kier molecular flexibility index (Phi) is 5.93. The fourth-order valence-electron chi connectivity index (χ4n) is 2.95. The third-order valence-electron chi connectivity index (χ3n) is 4.75. The predicted octanol–water partition coefficient (Wildman–Crippen LogP) is 2.62. The van der Waals surface area contributed by atoms with Gasteiger partial charge >= 0.3 is 0 Å². The molecule has 0 radical (unpaired) electrons. The van der Waals surface area contributed by atoms with Gasteiger partial charge in [-0.25, -0.2) is 13.4 Å². The lowest BCUT2D eigenvalue weighted by Crippen LogP contribution is -2.27. The number of hydrogen-bond acceptors (Lipinski definition) is 8. The molecular formula is C19H21N3O5S2. The Bertz CT molecular complexity index is 977. The Labute approximate surface area is 172 Å². The zero-order valence-corrected chi connectivity index (χ0v) is 17.2. The van der Waals surface area contributed by atoms with E-state index in [1.807, 2.05) is 0 Å². The fourth-order valence-corrected chi connectivity index (χ4v) is 5.13. The molecule has 1 aliphatic carbocycles. The Morgan fingerprint density at radius 1 is 1.17 bits per heavy atom. The summed E-state index contributed by atoms with van der Waals surface area (Å²) in [6, 6.07) is 6.21. The van der Waals surface area contributed by atoms with Crippen molar-refractivity contribution in [2.24, 2.45) is 5.16 Å². The zero-order chi connectivity index (χ0) is 20.3. The topological polar surface area (TPSA) is 107 Å². The fraction of sp³-hybridized carbons (Fsp3) is 0.421. The van der Waals surface area contributed by atoms with Crippen LogP contribution in [0.2, 0.25) is 0 Å². The number of ether oxygens (including phenoxy) is 1. The minimum absolute atomic E-state index is 0.0714. The SMILES string of the molecule is O=C(Nc1nccs1)/C(=N/OC1CCOCC1)c1ccc(S(=O)(=O)C2CC2)cc1. The molecule has 1 saturated carbocycles. The molecule has 1 N–H and O–H groups in total. The van der Waals surface area contributed by atoms with Gasteiger partial charge in [-0.05, 0) is 25.0 Å². The first-order valence-corrected chi connectivity index (χ1v) is 11.8. The van der Waals surface area contributed by atoms with Crippen LogP contribution in [0, 0.1) is 0 Å². The molecule has 1 aromatic carbocycles. The Morgan fingerprint density at radius 3 is 2.52 bits per heavy atom. The highest BCUT2D eigenvalue weighted by Gasteiger charge is 2.36. The van der Waals surface area contributed by atoms with Crippen molar-refractivity contribution < 1.29 is 22.8 Å². The smallest absolute Gasteiger partial charge is 0.280 e. The molecule has 0 bridgehead atoms. The van der Waals surface area contributed by atoms with Gasteiger partial charge < -0.3 is 9.57 Å². The number of rotatable bonds is 7. The maximum atomic E-state index is 12.8. The van der Waals surface area contributed by atoms with Crippen LogP contribution >= 0.6 is 11.3 Å². The number of oxime groups is 1. The van der Waals surface area contributed by atoms with E-state index in [0.717, 1.165) is 0 Å². The van der Waals surface area contributed by atoms with Crippen molar-refractivity contribution in [1.82, 2.24) is 4.98 Å². The van der Waals surface area contributed by atoms with Crippen LogP contribution in [0.4, 0.5) is 5.13 Å². The summed E-state index contributed by atoms with van der Waals surface area (Å²) in [5.74, 6) is -0.468. The van der Waals surface area contributed by atoms with Crippen molar-refractivity contribution in [2.75, 3.05) is 18.5 Å². The number of nitrogens with one attached hydrogen (secondary N) is 1. The lowest BCUT2D eigenvalue weighted by Gasteiger charge is -2.20. The molecule has 8 nitrogen and oxygen atoms in total. The van der Waals surface area contributed by atoms with E-state index in [1.54, 1.807) is 23.7 Å². The van der Waals surface area contributed by atoms with Gasteiger partial charge in [-0.15, -0.1) is 11.3 Å². The molecule has 2 fully saturated rings. The maximum Gasteiger partial charge on any atom is 0.280 e. The molecule has 1 aliphatic heterocycles. The van der Waals surface area contributed by atoms with E-state index >= 15 is 0 Å². The molecule has 10 heteroatoms. The second-order valence-electron chi connectivity index (χ2n) is 6.92. The Balaban J connectivity index is 1.57. The van der Waals surface area contributed by atoms with Gasteiger partial charge in [-0.1, -0.05) is 17.3 Å². The van der Waals surface area contributed by atoms with E-state index in [1.165, 1.54) is 23.5 Å². The first kappa shape index (κ1) is 20.0. The Morgan fingerprint density at radius 2 is 1.90 bits per heavy atom. The number of carbonyl (C=O) groups is 1. The van der Waals surface area contributed by atoms with E-state index in [4.69, 9.17) is 9.57 Å². The number of amides is 1. The summed E-state index contributed by atoms with van der Waals surface area (Å²) >= 11 is 1.29. The molecule has 1 saturated heterocycles. The van der Waals surface area contributed by atoms with Crippen LogP contribution in [0.1, 0.15) is 31.2 Å². The average molecular weight is 436 g/mol. The second kappa shape index (κ2) is 8.60. The van der Waals surface area contributed by atoms with E-state index < -0.39 is 15.7 Å². The number of hydrogen-bond donors (Lipinski definition) is 1. The minimum Gasteiger partial charge on any atom is -0.392 e. The van der Waals surface area contributed by atoms with Gasteiger partial charge in [0.2, 0.25) is 0 Å². The van der Waals surface area contributed by atoms with Crippen molar-refractivity contribution in [3.05, 3.63) is 41.4 Å². The van der Waals surface area contributed by atoms with Crippen molar-refractivity contribution in [1.29, 1.82) is 0 Å². The Hall–Kier alpha value is -2.30. The van der Waals surface area contributed by atoms with Gasteiger partial charge in [-0.3, -0.25) is 10.1 Å². The first-order chi connectivity index (χ1) is 14.0. The molecule has 2 aliphatic rings. The first-order valence-electron chi connectivity index (χ1n) is 9.41. The second-order valence-corrected chi connectivity index (χ2v) is 10.0. The summed E-state index contributed by atoms with van der Waals surface area (Å²) in [4.78, 5) is 22.7. The third kappa shape index (κ3) is 4.82. The summed E-state index contributed by atoms with van der Waals surface area (Å²) in [5, 5.41) is 8.72. The number of carbonyl (C=O) groups excluding carboxylic acids is 1. The van der Waals surface area contributed by atoms with E-state index in [9.17, 15) is 13.2 Å². The average Bonchev–Trinajstić information content (AvgIpc) is 3.48. The maximum absolute atomic E-state index is 12.8. The van der Waals surface area contributed by atoms with Crippen molar-refractivity contribution in [3.8, 4) is 0 Å². The monoisotopic (exact) mass is 435 g/mol. The van der Waals surface area contributed by atoms with Gasteiger partial charge in [0.05, 0.1) is 23.4 Å². The van der Waals surface area contributed by atoms with E-state index in [0.29, 0.717) is 49.6 Å². The van der Waals surface area contributed by atoms with Crippen LogP contribution in [-0.2, 0) is 24.2 Å². The third-order valence-corrected chi connectivity index (χ3v) is 7.72. The van der Waals surface area contributed by atoms with Crippen LogP contribution < -0.4 is 5.32 Å². The summed E-state index contributed by atoms with van der Waals surface area (Å²) in [6.45, 7) is 1.18. The zero-order valence-electron chi connectivity index (χ0n) is 15.6. The number of nitrogens with zero attached hydrogens (tertiary/aromatic N) is 2. The molecule has 0 spiro atoms. The predicted molar refractivity (Wildman–Crippen MR) is 109 cm³/mol. The van der Waals surface area contributed by atoms with Gasteiger partial charge in [-0.2, -0.15) is 0 Å². The molecule has 1 aromatic heterocycles. The summed E-state index contributed by atoms with van der Waals surface area (Å²) < 4.78 is 30.1. The number of sulfone groups is 1. The molecule has 0 unspecified atom stereocenters. The van der Waals surface area contributed by atoms with Crippen molar-refractivity contribution in [2.45, 2.75) is 41.9 Å². The standard InChI is InChI=1S/C19H21N3O5S2/c23-18(21-19-20-9-12-28-19)17(22-27-14-7-10-26-11-8-14)13-1-3-15(4-2-13)29(24,25)16-5-6-16/h1-4,9,12,14,16H,5-8,10-11H2,(H,20,21,23)/b22-17+. The quantitative estimate of drug-likeness (QED) is 0.529. The lowest BCUT2D eigenvalue weighted by atomic mass is 10.1. The van der Waals surface area contributed by atoms with Crippen LogP contribution in [0.15, 0.2) is 45.9 Å². The largest absolute Gasteiger partial charge is 0.392 e. The highest BCUT2D eigenvalue weighted by Crippen LogP contribution is 2.33. The molecule has 2 heterocycles. The molecule has 2 aromatic rings. The van der Waals surface area contributed by atoms with Gasteiger partial charge in [0.15, 0.2) is 20.7 Å². The number of anilines is 1. The molecule has 4 rings (SSSR count). The van der Waals surface area contributed by atoms with Crippen molar-refractivity contribution in [3.63, 3.8) is 0 Å². The van der Waals surface area contributed by atoms with Gasteiger partial charge in [0.25, 0.3) is 5.91 Å². The lowest BCUT2D eigenvalue weighted by molar-refractivity contribution is -0.110. The molecule has 1 amide bonds. The van der Waals surface area contributed by atoms with Crippen LogP contribution in [0.3, 0.4) is 0 Å². The summed E-state index contributed by atoms with van der Waals surface area (Å²) in [5.41, 5.74) is 0.544. The van der Waals surface area contributed by atoms with Crippen molar-refractivity contribution >= 4 is 37.9 Å². The van der Waals surface area contributed by atoms with Gasteiger partial charge in [0, 0.05) is 30.0 Å². The highest BCUT2D eigenvalue weighted by molar-refractivity contribution is 7.92. The van der Waals surface area contributed by atoms with Gasteiger partial charge in [0.1, 0.15) is 6.10 Å². The van der Waals surface area contributed by atoms with E-state index in [-0.39, 0.29) is 22.0 Å². The van der Waals surface area contributed by atoms with E-state index in [2.05, 4.69) is 15.5 Å². The minimum atomic E-state index is -3.29. The molecular weight excluding hydrogens is 414 g/mol. The van der Waals surface area contributed by atoms with Crippen LogP contribution in [0.25, 0.3) is 0 Å². The van der Waals surface area contributed by atoms with Crippen LogP contribution in [0.5, 0.6) is 0 Å². The number of aromatic nitrogens is 1. The molecule has 0 atom stereocenters. The molecule has 29 heavy (non-hydrogen) atoms. The van der Waals surface area contributed by atoms with Crippen LogP contribution in [-0.4, -0.2) is 49.6 Å².